The Labute approximate surface area is 103 Å². The SMILES string of the molecule is Cc1ccc(C(=O)NC(C)CS(C)=O)c(F)c1. The third-order valence-corrected chi connectivity index (χ3v) is 3.20. The Morgan fingerprint density at radius 3 is 2.71 bits per heavy atom. The van der Waals surface area contributed by atoms with Gasteiger partial charge in [-0.2, -0.15) is 0 Å². The molecule has 1 aromatic rings. The van der Waals surface area contributed by atoms with Crippen LogP contribution in [0.15, 0.2) is 18.2 Å². The number of nitrogens with one attached hydrogen (secondary N) is 1. The molecule has 0 saturated carbocycles. The van der Waals surface area contributed by atoms with Gasteiger partial charge in [0.1, 0.15) is 5.82 Å². The van der Waals surface area contributed by atoms with E-state index >= 15 is 0 Å². The molecule has 0 aliphatic heterocycles. The Bertz CT molecular complexity index is 448. The van der Waals surface area contributed by atoms with Crippen molar-refractivity contribution in [1.29, 1.82) is 0 Å². The van der Waals surface area contributed by atoms with Gasteiger partial charge < -0.3 is 5.32 Å². The summed E-state index contributed by atoms with van der Waals surface area (Å²) in [5.41, 5.74) is 0.783. The number of rotatable bonds is 4. The van der Waals surface area contributed by atoms with Gasteiger partial charge in [0.15, 0.2) is 0 Å². The fourth-order valence-electron chi connectivity index (χ4n) is 1.50. The van der Waals surface area contributed by atoms with Crippen LogP contribution in [0.2, 0.25) is 0 Å². The zero-order chi connectivity index (χ0) is 13.0. The van der Waals surface area contributed by atoms with Gasteiger partial charge in [0.25, 0.3) is 5.91 Å². The van der Waals surface area contributed by atoms with Crippen molar-refractivity contribution >= 4 is 16.7 Å². The summed E-state index contributed by atoms with van der Waals surface area (Å²) in [4.78, 5) is 11.7. The average Bonchev–Trinajstić information content (AvgIpc) is 2.15. The number of aryl methyl sites for hydroxylation is 1. The second-order valence-corrected chi connectivity index (χ2v) is 5.58. The molecule has 94 valence electrons. The third-order valence-electron chi connectivity index (χ3n) is 2.23. The number of amides is 1. The monoisotopic (exact) mass is 257 g/mol. The van der Waals surface area contributed by atoms with Crippen molar-refractivity contribution in [2.75, 3.05) is 12.0 Å². The van der Waals surface area contributed by atoms with Crippen LogP contribution in [0.4, 0.5) is 4.39 Å². The molecular weight excluding hydrogens is 241 g/mol. The maximum Gasteiger partial charge on any atom is 0.254 e. The quantitative estimate of drug-likeness (QED) is 0.891. The first-order valence-corrected chi connectivity index (χ1v) is 7.00. The van der Waals surface area contributed by atoms with E-state index in [0.717, 1.165) is 5.56 Å². The highest BCUT2D eigenvalue weighted by atomic mass is 32.2. The van der Waals surface area contributed by atoms with E-state index in [-0.39, 0.29) is 11.6 Å². The molecule has 2 unspecified atom stereocenters. The lowest BCUT2D eigenvalue weighted by atomic mass is 10.1. The van der Waals surface area contributed by atoms with Crippen LogP contribution in [-0.2, 0) is 10.8 Å². The van der Waals surface area contributed by atoms with E-state index in [9.17, 15) is 13.4 Å². The Balaban J connectivity index is 2.73. The lowest BCUT2D eigenvalue weighted by molar-refractivity contribution is 0.0939. The van der Waals surface area contributed by atoms with Gasteiger partial charge in [0.2, 0.25) is 0 Å². The van der Waals surface area contributed by atoms with Gasteiger partial charge in [0.05, 0.1) is 5.56 Å². The minimum atomic E-state index is -0.986. The number of benzene rings is 1. The molecule has 0 fully saturated rings. The molecule has 2 atom stereocenters. The first kappa shape index (κ1) is 13.8. The summed E-state index contributed by atoms with van der Waals surface area (Å²) in [5.74, 6) is -0.646. The van der Waals surface area contributed by atoms with Crippen LogP contribution < -0.4 is 5.32 Å². The zero-order valence-corrected chi connectivity index (χ0v) is 10.9. The molecule has 3 nitrogen and oxygen atoms in total. The summed E-state index contributed by atoms with van der Waals surface area (Å²) < 4.78 is 24.5. The largest absolute Gasteiger partial charge is 0.349 e. The molecular formula is C12H16FNO2S. The number of carbonyl (C=O) groups is 1. The molecule has 1 amide bonds. The molecule has 1 aromatic carbocycles. The number of hydrogen-bond acceptors (Lipinski definition) is 2. The summed E-state index contributed by atoms with van der Waals surface area (Å²) in [5, 5.41) is 2.62. The minimum Gasteiger partial charge on any atom is -0.349 e. The Morgan fingerprint density at radius 1 is 1.53 bits per heavy atom. The van der Waals surface area contributed by atoms with Crippen molar-refractivity contribution in [3.63, 3.8) is 0 Å². The number of hydrogen-bond donors (Lipinski definition) is 1. The molecule has 1 N–H and O–H groups in total. The van der Waals surface area contributed by atoms with Gasteiger partial charge in [-0.25, -0.2) is 4.39 Å². The van der Waals surface area contributed by atoms with E-state index in [1.165, 1.54) is 12.1 Å². The highest BCUT2D eigenvalue weighted by Gasteiger charge is 2.14. The van der Waals surface area contributed by atoms with Gasteiger partial charge in [0, 0.05) is 28.9 Å². The molecule has 0 aromatic heterocycles. The van der Waals surface area contributed by atoms with Crippen LogP contribution in [0, 0.1) is 12.7 Å². The maximum atomic E-state index is 13.5. The predicted octanol–water partition coefficient (Wildman–Crippen LogP) is 1.63. The Kier molecular flexibility index (Phi) is 4.81. The van der Waals surface area contributed by atoms with E-state index in [2.05, 4.69) is 5.32 Å². The smallest absolute Gasteiger partial charge is 0.254 e. The van der Waals surface area contributed by atoms with Crippen molar-refractivity contribution in [2.45, 2.75) is 19.9 Å². The van der Waals surface area contributed by atoms with Crippen LogP contribution in [-0.4, -0.2) is 28.2 Å². The van der Waals surface area contributed by atoms with Crippen molar-refractivity contribution in [3.05, 3.63) is 35.1 Å². The first-order valence-electron chi connectivity index (χ1n) is 5.27. The third kappa shape index (κ3) is 4.26. The molecule has 0 aliphatic rings. The Morgan fingerprint density at radius 2 is 2.18 bits per heavy atom. The fraction of sp³-hybridized carbons (Fsp3) is 0.417. The first-order chi connectivity index (χ1) is 7.90. The van der Waals surface area contributed by atoms with Gasteiger partial charge in [-0.3, -0.25) is 9.00 Å². The highest BCUT2D eigenvalue weighted by Crippen LogP contribution is 2.09. The second-order valence-electron chi connectivity index (χ2n) is 4.10. The highest BCUT2D eigenvalue weighted by molar-refractivity contribution is 7.84. The van der Waals surface area contributed by atoms with Gasteiger partial charge >= 0.3 is 0 Å². The minimum absolute atomic E-state index is 0.0179. The van der Waals surface area contributed by atoms with Gasteiger partial charge in [-0.1, -0.05) is 6.07 Å². The molecule has 0 bridgehead atoms. The molecule has 5 heteroatoms. The zero-order valence-electron chi connectivity index (χ0n) is 10.1. The molecule has 0 spiro atoms. The van der Waals surface area contributed by atoms with E-state index in [1.54, 1.807) is 26.2 Å². The standard InChI is InChI=1S/C12H16FNO2S/c1-8-4-5-10(11(13)6-8)12(15)14-9(2)7-17(3)16/h4-6,9H,7H2,1-3H3,(H,14,15). The predicted molar refractivity (Wildman–Crippen MR) is 67.0 cm³/mol. The molecule has 17 heavy (non-hydrogen) atoms. The lowest BCUT2D eigenvalue weighted by Crippen LogP contribution is -2.36. The van der Waals surface area contributed by atoms with Crippen molar-refractivity contribution in [2.24, 2.45) is 0 Å². The molecule has 0 aliphatic carbocycles. The lowest BCUT2D eigenvalue weighted by Gasteiger charge is -2.12. The fourth-order valence-corrected chi connectivity index (χ4v) is 2.29. The number of carbonyl (C=O) groups excluding carboxylic acids is 1. The normalized spacial score (nSPS) is 14.1. The molecule has 0 saturated heterocycles. The number of halogens is 1. The van der Waals surface area contributed by atoms with Crippen molar-refractivity contribution in [3.8, 4) is 0 Å². The second kappa shape index (κ2) is 5.91. The summed E-state index contributed by atoms with van der Waals surface area (Å²) in [6, 6.07) is 4.21. The van der Waals surface area contributed by atoms with Crippen LogP contribution in [0.5, 0.6) is 0 Å². The molecule has 1 rings (SSSR count). The van der Waals surface area contributed by atoms with Gasteiger partial charge in [-0.15, -0.1) is 0 Å². The topological polar surface area (TPSA) is 46.2 Å². The molecule has 0 radical (unpaired) electrons. The summed E-state index contributed by atoms with van der Waals surface area (Å²) in [6.07, 6.45) is 1.56. The van der Waals surface area contributed by atoms with E-state index in [0.29, 0.717) is 5.75 Å². The molecule has 0 heterocycles. The Hall–Kier alpha value is -1.23. The van der Waals surface area contributed by atoms with E-state index in [1.807, 2.05) is 0 Å². The van der Waals surface area contributed by atoms with Gasteiger partial charge in [-0.05, 0) is 31.5 Å². The van der Waals surface area contributed by atoms with E-state index < -0.39 is 22.5 Å². The van der Waals surface area contributed by atoms with Crippen LogP contribution in [0.25, 0.3) is 0 Å². The maximum absolute atomic E-state index is 13.5. The van der Waals surface area contributed by atoms with Crippen molar-refractivity contribution in [1.82, 2.24) is 5.32 Å². The van der Waals surface area contributed by atoms with Crippen LogP contribution in [0.1, 0.15) is 22.8 Å². The summed E-state index contributed by atoms with van der Waals surface area (Å²) >= 11 is 0. The van der Waals surface area contributed by atoms with E-state index in [4.69, 9.17) is 0 Å². The van der Waals surface area contributed by atoms with Crippen molar-refractivity contribution < 1.29 is 13.4 Å². The average molecular weight is 257 g/mol. The van der Waals surface area contributed by atoms with Crippen LogP contribution >= 0.6 is 0 Å². The van der Waals surface area contributed by atoms with Crippen LogP contribution in [0.3, 0.4) is 0 Å². The summed E-state index contributed by atoms with van der Waals surface area (Å²) in [7, 11) is -0.986. The summed E-state index contributed by atoms with van der Waals surface area (Å²) in [6.45, 7) is 3.50.